The number of nitrogens with one attached hydrogen (secondary N) is 1. The molecule has 2 N–H and O–H groups in total. The van der Waals surface area contributed by atoms with Crippen LogP contribution < -0.4 is 10.1 Å². The first-order valence-electron chi connectivity index (χ1n) is 8.59. The molecule has 3 aromatic rings. The molecule has 9 nitrogen and oxygen atoms in total. The highest BCUT2D eigenvalue weighted by molar-refractivity contribution is 5.99. The quantitative estimate of drug-likeness (QED) is 0.464. The lowest BCUT2D eigenvalue weighted by atomic mass is 10.0. The molecule has 0 aliphatic rings. The van der Waals surface area contributed by atoms with Gasteiger partial charge < -0.3 is 15.2 Å². The van der Waals surface area contributed by atoms with Crippen molar-refractivity contribution in [3.8, 4) is 5.75 Å². The molecule has 0 saturated heterocycles. The first-order valence-corrected chi connectivity index (χ1v) is 8.59. The number of hydrogen-bond donors (Lipinski definition) is 2. The number of methoxy groups -OCH3 is 1. The summed E-state index contributed by atoms with van der Waals surface area (Å²) in [6.07, 6.45) is 1.18. The minimum absolute atomic E-state index is 0.188. The van der Waals surface area contributed by atoms with Crippen molar-refractivity contribution in [1.29, 1.82) is 0 Å². The maximum atomic E-state index is 12.6. The van der Waals surface area contributed by atoms with Crippen LogP contribution in [-0.2, 0) is 11.2 Å². The van der Waals surface area contributed by atoms with Crippen LogP contribution in [0.5, 0.6) is 5.75 Å². The molecule has 0 radical (unpaired) electrons. The second-order valence-corrected chi connectivity index (χ2v) is 6.24. The number of pyridine rings is 1. The first-order chi connectivity index (χ1) is 13.9. The van der Waals surface area contributed by atoms with Crippen molar-refractivity contribution < 1.29 is 24.4 Å². The van der Waals surface area contributed by atoms with Gasteiger partial charge >= 0.3 is 5.97 Å². The van der Waals surface area contributed by atoms with E-state index in [1.54, 1.807) is 24.3 Å². The first kappa shape index (κ1) is 19.7. The monoisotopic (exact) mass is 395 g/mol. The molecule has 148 valence electrons. The van der Waals surface area contributed by atoms with Crippen LogP contribution in [0.1, 0.15) is 15.9 Å². The summed E-state index contributed by atoms with van der Waals surface area (Å²) in [6, 6.07) is 11.4. The summed E-state index contributed by atoms with van der Waals surface area (Å²) in [5.41, 5.74) is 1.02. The highest BCUT2D eigenvalue weighted by Gasteiger charge is 2.24. The SMILES string of the molecule is COc1ccc([N+](=O)[O-])cc1C[C@H](NC(=O)c1cnc2ccccc2c1)C(=O)O. The number of amides is 1. The molecule has 0 saturated carbocycles. The van der Waals surface area contributed by atoms with E-state index in [0.29, 0.717) is 16.8 Å². The molecule has 1 amide bonds. The molecule has 0 aliphatic carbocycles. The van der Waals surface area contributed by atoms with Gasteiger partial charge in [-0.3, -0.25) is 19.9 Å². The molecule has 0 fully saturated rings. The maximum absolute atomic E-state index is 12.6. The fraction of sp³-hybridized carbons (Fsp3) is 0.150. The molecule has 0 bridgehead atoms. The topological polar surface area (TPSA) is 132 Å². The third-order valence-electron chi connectivity index (χ3n) is 4.35. The molecular formula is C20H17N3O6. The summed E-state index contributed by atoms with van der Waals surface area (Å²) in [5.74, 6) is -1.59. The van der Waals surface area contributed by atoms with Crippen LogP contribution in [0.4, 0.5) is 5.69 Å². The van der Waals surface area contributed by atoms with Crippen molar-refractivity contribution in [2.24, 2.45) is 0 Å². The molecule has 1 atom stereocenters. The van der Waals surface area contributed by atoms with E-state index in [2.05, 4.69) is 10.3 Å². The zero-order chi connectivity index (χ0) is 21.0. The van der Waals surface area contributed by atoms with Crippen LogP contribution in [-0.4, -0.2) is 40.0 Å². The lowest BCUT2D eigenvalue weighted by Crippen LogP contribution is -2.42. The van der Waals surface area contributed by atoms with Crippen molar-refractivity contribution in [3.05, 3.63) is 76.0 Å². The Morgan fingerprint density at radius 3 is 2.69 bits per heavy atom. The zero-order valence-electron chi connectivity index (χ0n) is 15.4. The Balaban J connectivity index is 1.84. The highest BCUT2D eigenvalue weighted by atomic mass is 16.6. The van der Waals surface area contributed by atoms with Gasteiger partial charge in [0.05, 0.1) is 23.1 Å². The number of aromatic nitrogens is 1. The van der Waals surface area contributed by atoms with Crippen LogP contribution in [0.25, 0.3) is 10.9 Å². The summed E-state index contributed by atoms with van der Waals surface area (Å²) < 4.78 is 5.16. The van der Waals surface area contributed by atoms with Gasteiger partial charge in [0.2, 0.25) is 0 Å². The Hall–Kier alpha value is -4.01. The van der Waals surface area contributed by atoms with Gasteiger partial charge in [0.1, 0.15) is 11.8 Å². The van der Waals surface area contributed by atoms with Gasteiger partial charge in [0.25, 0.3) is 11.6 Å². The Morgan fingerprint density at radius 1 is 1.24 bits per heavy atom. The highest BCUT2D eigenvalue weighted by Crippen LogP contribution is 2.25. The molecule has 0 spiro atoms. The van der Waals surface area contributed by atoms with Crippen LogP contribution >= 0.6 is 0 Å². The summed E-state index contributed by atoms with van der Waals surface area (Å²) in [4.78, 5) is 38.9. The van der Waals surface area contributed by atoms with E-state index in [1.807, 2.05) is 6.07 Å². The average Bonchev–Trinajstić information content (AvgIpc) is 2.72. The van der Waals surface area contributed by atoms with Gasteiger partial charge in [0, 0.05) is 35.7 Å². The van der Waals surface area contributed by atoms with Crippen LogP contribution in [0.15, 0.2) is 54.7 Å². The van der Waals surface area contributed by atoms with Gasteiger partial charge in [-0.1, -0.05) is 18.2 Å². The molecule has 9 heteroatoms. The van der Waals surface area contributed by atoms with E-state index in [1.165, 1.54) is 31.5 Å². The van der Waals surface area contributed by atoms with Crippen molar-refractivity contribution in [1.82, 2.24) is 10.3 Å². The number of rotatable bonds is 7. The van der Waals surface area contributed by atoms with Crippen molar-refractivity contribution >= 4 is 28.5 Å². The predicted octanol–water partition coefficient (Wildman–Crippen LogP) is 2.58. The Kier molecular flexibility index (Phi) is 5.68. The molecule has 0 aliphatic heterocycles. The number of nitrogens with zero attached hydrogens (tertiary/aromatic N) is 2. The lowest BCUT2D eigenvalue weighted by molar-refractivity contribution is -0.384. The van der Waals surface area contributed by atoms with Gasteiger partial charge in [-0.15, -0.1) is 0 Å². The van der Waals surface area contributed by atoms with Gasteiger partial charge in [-0.05, 0) is 18.2 Å². The van der Waals surface area contributed by atoms with E-state index in [9.17, 15) is 24.8 Å². The maximum Gasteiger partial charge on any atom is 0.326 e. The van der Waals surface area contributed by atoms with E-state index in [0.717, 1.165) is 5.39 Å². The number of carboxylic acids is 1. The normalized spacial score (nSPS) is 11.6. The fourth-order valence-corrected chi connectivity index (χ4v) is 2.89. The number of para-hydroxylation sites is 1. The zero-order valence-corrected chi connectivity index (χ0v) is 15.4. The number of ether oxygens (including phenoxy) is 1. The summed E-state index contributed by atoms with van der Waals surface area (Å²) in [7, 11) is 1.37. The Labute approximate surface area is 165 Å². The molecule has 0 unspecified atom stereocenters. The summed E-state index contributed by atoms with van der Waals surface area (Å²) >= 11 is 0. The number of hydrogen-bond acceptors (Lipinski definition) is 6. The largest absolute Gasteiger partial charge is 0.496 e. The molecule has 1 heterocycles. The number of aliphatic carboxylic acids is 1. The van der Waals surface area contributed by atoms with Gasteiger partial charge in [0.15, 0.2) is 0 Å². The Morgan fingerprint density at radius 2 is 2.00 bits per heavy atom. The minimum Gasteiger partial charge on any atom is -0.496 e. The molecule has 1 aromatic heterocycles. The van der Waals surface area contributed by atoms with E-state index >= 15 is 0 Å². The Bertz CT molecular complexity index is 1100. The fourth-order valence-electron chi connectivity index (χ4n) is 2.89. The van der Waals surface area contributed by atoms with Gasteiger partial charge in [-0.25, -0.2) is 4.79 Å². The van der Waals surface area contributed by atoms with E-state index in [4.69, 9.17) is 4.74 Å². The van der Waals surface area contributed by atoms with Crippen molar-refractivity contribution in [3.63, 3.8) is 0 Å². The predicted molar refractivity (Wildman–Crippen MR) is 104 cm³/mol. The van der Waals surface area contributed by atoms with Crippen LogP contribution in [0, 0.1) is 10.1 Å². The van der Waals surface area contributed by atoms with Crippen LogP contribution in [0.3, 0.4) is 0 Å². The average molecular weight is 395 g/mol. The number of carbonyl (C=O) groups is 2. The number of nitro groups is 1. The standard InChI is InChI=1S/C20H17N3O6/c1-29-18-7-6-15(23(27)28)9-13(18)10-17(20(25)26)22-19(24)14-8-12-4-2-3-5-16(12)21-11-14/h2-9,11,17H,10H2,1H3,(H,22,24)(H,25,26)/t17-/m0/s1. The second-order valence-electron chi connectivity index (χ2n) is 6.24. The number of nitro benzene ring substituents is 1. The summed E-state index contributed by atoms with van der Waals surface area (Å²) in [5, 5.41) is 23.7. The van der Waals surface area contributed by atoms with E-state index < -0.39 is 22.8 Å². The number of benzene rings is 2. The van der Waals surface area contributed by atoms with Crippen LogP contribution in [0.2, 0.25) is 0 Å². The molecule has 29 heavy (non-hydrogen) atoms. The molecule has 2 aromatic carbocycles. The second kappa shape index (κ2) is 8.34. The molecule has 3 rings (SSSR count). The number of carbonyl (C=O) groups excluding carboxylic acids is 1. The number of carboxylic acid groups (broad SMARTS) is 1. The van der Waals surface area contributed by atoms with Crippen molar-refractivity contribution in [2.45, 2.75) is 12.5 Å². The number of non-ortho nitro benzene ring substituents is 1. The van der Waals surface area contributed by atoms with Crippen molar-refractivity contribution in [2.75, 3.05) is 7.11 Å². The molecular weight excluding hydrogens is 378 g/mol. The minimum atomic E-state index is -1.31. The lowest BCUT2D eigenvalue weighted by Gasteiger charge is -2.16. The van der Waals surface area contributed by atoms with E-state index in [-0.39, 0.29) is 17.7 Å². The number of fused-ring (bicyclic) bond motifs is 1. The third-order valence-corrected chi connectivity index (χ3v) is 4.35. The smallest absolute Gasteiger partial charge is 0.326 e. The van der Waals surface area contributed by atoms with Gasteiger partial charge in [-0.2, -0.15) is 0 Å². The summed E-state index contributed by atoms with van der Waals surface area (Å²) in [6.45, 7) is 0. The third kappa shape index (κ3) is 4.46.